The fourth-order valence-electron chi connectivity index (χ4n) is 2.36. The van der Waals surface area contributed by atoms with Crippen molar-refractivity contribution in [2.45, 2.75) is 13.8 Å². The standard InChI is InChI=1S/C16H21Cl2N3O2/c1-11(2)10-19-16(23)21-8-6-20(7-9-21)15(22)12-4-3-5-13(17)14(12)18/h3-5,11H,6-10H2,1-2H3,(H,19,23). The molecule has 1 heterocycles. The molecule has 0 aromatic heterocycles. The monoisotopic (exact) mass is 357 g/mol. The number of carbonyl (C=O) groups excluding carboxylic acids is 2. The summed E-state index contributed by atoms with van der Waals surface area (Å²) in [5, 5.41) is 3.53. The fraction of sp³-hybridized carbons (Fsp3) is 0.500. The van der Waals surface area contributed by atoms with Gasteiger partial charge in [0.2, 0.25) is 0 Å². The van der Waals surface area contributed by atoms with Crippen LogP contribution in [0.1, 0.15) is 24.2 Å². The van der Waals surface area contributed by atoms with E-state index in [2.05, 4.69) is 5.32 Å². The zero-order valence-corrected chi connectivity index (χ0v) is 14.8. The molecule has 23 heavy (non-hydrogen) atoms. The third kappa shape index (κ3) is 4.52. The third-order valence-corrected chi connectivity index (χ3v) is 4.52. The summed E-state index contributed by atoms with van der Waals surface area (Å²) in [5.74, 6) is 0.256. The molecule has 0 bridgehead atoms. The lowest BCUT2D eigenvalue weighted by molar-refractivity contribution is 0.0665. The number of amides is 3. The number of halogens is 2. The molecule has 0 saturated carbocycles. The van der Waals surface area contributed by atoms with E-state index in [4.69, 9.17) is 23.2 Å². The van der Waals surface area contributed by atoms with E-state index < -0.39 is 0 Å². The van der Waals surface area contributed by atoms with Crippen LogP contribution in [0.5, 0.6) is 0 Å². The molecule has 0 aliphatic carbocycles. The van der Waals surface area contributed by atoms with Crippen LogP contribution in [0.2, 0.25) is 10.0 Å². The smallest absolute Gasteiger partial charge is 0.317 e. The SMILES string of the molecule is CC(C)CNC(=O)N1CCN(C(=O)c2cccc(Cl)c2Cl)CC1. The molecule has 0 atom stereocenters. The molecule has 0 unspecified atom stereocenters. The Balaban J connectivity index is 1.92. The Morgan fingerprint density at radius 2 is 1.74 bits per heavy atom. The van der Waals surface area contributed by atoms with Crippen molar-refractivity contribution >= 4 is 35.1 Å². The highest BCUT2D eigenvalue weighted by Gasteiger charge is 2.26. The third-order valence-electron chi connectivity index (χ3n) is 3.70. The minimum Gasteiger partial charge on any atom is -0.338 e. The van der Waals surface area contributed by atoms with E-state index >= 15 is 0 Å². The highest BCUT2D eigenvalue weighted by molar-refractivity contribution is 6.43. The number of carbonyl (C=O) groups is 2. The Morgan fingerprint density at radius 3 is 2.35 bits per heavy atom. The summed E-state index contributed by atoms with van der Waals surface area (Å²) in [6.07, 6.45) is 0. The van der Waals surface area contributed by atoms with Crippen LogP contribution in [0.4, 0.5) is 4.79 Å². The van der Waals surface area contributed by atoms with Crippen molar-refractivity contribution in [2.75, 3.05) is 32.7 Å². The van der Waals surface area contributed by atoms with E-state index in [0.29, 0.717) is 49.2 Å². The van der Waals surface area contributed by atoms with Gasteiger partial charge >= 0.3 is 6.03 Å². The van der Waals surface area contributed by atoms with Gasteiger partial charge in [-0.25, -0.2) is 4.79 Å². The number of urea groups is 1. The van der Waals surface area contributed by atoms with E-state index in [0.717, 1.165) is 0 Å². The van der Waals surface area contributed by atoms with Crippen LogP contribution in [0, 0.1) is 5.92 Å². The maximum atomic E-state index is 12.5. The van der Waals surface area contributed by atoms with E-state index in [9.17, 15) is 9.59 Å². The van der Waals surface area contributed by atoms with Gasteiger partial charge in [0.05, 0.1) is 15.6 Å². The van der Waals surface area contributed by atoms with Gasteiger partial charge in [0, 0.05) is 32.7 Å². The predicted molar refractivity (Wildman–Crippen MR) is 92.2 cm³/mol. The first-order valence-corrected chi connectivity index (χ1v) is 8.41. The molecule has 1 aromatic rings. The molecule has 126 valence electrons. The van der Waals surface area contributed by atoms with Crippen molar-refractivity contribution in [3.8, 4) is 0 Å². The Labute approximate surface area is 146 Å². The van der Waals surface area contributed by atoms with Crippen molar-refractivity contribution in [3.05, 3.63) is 33.8 Å². The highest BCUT2D eigenvalue weighted by atomic mass is 35.5. The Bertz CT molecular complexity index is 585. The predicted octanol–water partition coefficient (Wildman–Crippen LogP) is 3.12. The molecule has 0 spiro atoms. The van der Waals surface area contributed by atoms with Crippen LogP contribution >= 0.6 is 23.2 Å². The summed E-state index contributed by atoms with van der Waals surface area (Å²) >= 11 is 12.1. The molecule has 3 amide bonds. The zero-order valence-electron chi connectivity index (χ0n) is 13.3. The van der Waals surface area contributed by atoms with Crippen LogP contribution in [0.3, 0.4) is 0 Å². The molecule has 1 aliphatic heterocycles. The Hall–Kier alpha value is -1.46. The molecular weight excluding hydrogens is 337 g/mol. The number of nitrogens with zero attached hydrogens (tertiary/aromatic N) is 2. The normalized spacial score (nSPS) is 15.0. The van der Waals surface area contributed by atoms with Gasteiger partial charge in [0.15, 0.2) is 0 Å². The lowest BCUT2D eigenvalue weighted by Crippen LogP contribution is -2.53. The first-order chi connectivity index (χ1) is 10.9. The van der Waals surface area contributed by atoms with Crippen molar-refractivity contribution in [2.24, 2.45) is 5.92 Å². The van der Waals surface area contributed by atoms with Crippen LogP contribution in [0.25, 0.3) is 0 Å². The topological polar surface area (TPSA) is 52.7 Å². The molecule has 0 radical (unpaired) electrons. The maximum Gasteiger partial charge on any atom is 0.317 e. The molecule has 2 rings (SSSR count). The first-order valence-electron chi connectivity index (χ1n) is 7.66. The zero-order chi connectivity index (χ0) is 17.0. The Morgan fingerprint density at radius 1 is 1.13 bits per heavy atom. The molecular formula is C16H21Cl2N3O2. The summed E-state index contributed by atoms with van der Waals surface area (Å²) in [6.45, 7) is 6.72. The van der Waals surface area contributed by atoms with Crippen molar-refractivity contribution in [3.63, 3.8) is 0 Å². The lowest BCUT2D eigenvalue weighted by atomic mass is 10.2. The van der Waals surface area contributed by atoms with Crippen LogP contribution in [-0.2, 0) is 0 Å². The Kier molecular flexibility index (Phi) is 6.13. The van der Waals surface area contributed by atoms with E-state index in [1.165, 1.54) is 0 Å². The average Bonchev–Trinajstić information content (AvgIpc) is 2.54. The van der Waals surface area contributed by atoms with Gasteiger partial charge in [-0.05, 0) is 18.1 Å². The van der Waals surface area contributed by atoms with Gasteiger partial charge < -0.3 is 15.1 Å². The number of piperazine rings is 1. The maximum absolute atomic E-state index is 12.5. The van der Waals surface area contributed by atoms with E-state index in [1.807, 2.05) is 13.8 Å². The lowest BCUT2D eigenvalue weighted by Gasteiger charge is -2.35. The van der Waals surface area contributed by atoms with Crippen molar-refractivity contribution < 1.29 is 9.59 Å². The van der Waals surface area contributed by atoms with Crippen molar-refractivity contribution in [1.29, 1.82) is 0 Å². The number of nitrogens with one attached hydrogen (secondary N) is 1. The second-order valence-corrected chi connectivity index (χ2v) is 6.75. The van der Waals surface area contributed by atoms with Gasteiger partial charge in [0.1, 0.15) is 0 Å². The number of rotatable bonds is 3. The van der Waals surface area contributed by atoms with Gasteiger partial charge in [-0.15, -0.1) is 0 Å². The van der Waals surface area contributed by atoms with Gasteiger partial charge in [-0.3, -0.25) is 4.79 Å². The second kappa shape index (κ2) is 7.88. The molecule has 1 saturated heterocycles. The minimum atomic E-state index is -0.153. The van der Waals surface area contributed by atoms with Gasteiger partial charge in [-0.2, -0.15) is 0 Å². The van der Waals surface area contributed by atoms with Crippen LogP contribution in [-0.4, -0.2) is 54.5 Å². The van der Waals surface area contributed by atoms with E-state index in [-0.39, 0.29) is 17.0 Å². The molecule has 1 N–H and O–H groups in total. The summed E-state index contributed by atoms with van der Waals surface area (Å²) in [6, 6.07) is 4.94. The fourth-order valence-corrected chi connectivity index (χ4v) is 2.74. The van der Waals surface area contributed by atoms with Crippen LogP contribution in [0.15, 0.2) is 18.2 Å². The van der Waals surface area contributed by atoms with Crippen LogP contribution < -0.4 is 5.32 Å². The number of benzene rings is 1. The van der Waals surface area contributed by atoms with E-state index in [1.54, 1.807) is 28.0 Å². The molecule has 1 aliphatic rings. The van der Waals surface area contributed by atoms with Gasteiger partial charge in [-0.1, -0.05) is 43.1 Å². The molecule has 1 aromatic carbocycles. The summed E-state index contributed by atoms with van der Waals surface area (Å²) in [5.41, 5.74) is 0.400. The molecule has 5 nitrogen and oxygen atoms in total. The minimum absolute atomic E-state index is 0.0772. The summed E-state index contributed by atoms with van der Waals surface area (Å²) in [7, 11) is 0. The average molecular weight is 358 g/mol. The van der Waals surface area contributed by atoms with Gasteiger partial charge in [0.25, 0.3) is 5.91 Å². The highest BCUT2D eigenvalue weighted by Crippen LogP contribution is 2.26. The van der Waals surface area contributed by atoms with Crippen molar-refractivity contribution in [1.82, 2.24) is 15.1 Å². The summed E-state index contributed by atoms with van der Waals surface area (Å²) < 4.78 is 0. The largest absolute Gasteiger partial charge is 0.338 e. The molecule has 1 fully saturated rings. The quantitative estimate of drug-likeness (QED) is 0.903. The second-order valence-electron chi connectivity index (χ2n) is 5.96. The summed E-state index contributed by atoms with van der Waals surface area (Å²) in [4.78, 5) is 28.0. The first kappa shape index (κ1) is 17.9. The number of hydrogen-bond acceptors (Lipinski definition) is 2. The molecule has 7 heteroatoms. The number of hydrogen-bond donors (Lipinski definition) is 1.